The number of benzene rings is 9. The minimum absolute atomic E-state index is 0.0480. The van der Waals surface area contributed by atoms with Crippen LogP contribution < -0.4 is 0 Å². The fourth-order valence-electron chi connectivity index (χ4n) is 9.91. The molecule has 2 heterocycles. The third kappa shape index (κ3) is 5.53. The van der Waals surface area contributed by atoms with E-state index < -0.39 is 0 Å². The van der Waals surface area contributed by atoms with Crippen molar-refractivity contribution in [2.45, 2.75) is 78.6 Å². The minimum atomic E-state index is 0.0480. The Hall–Kier alpha value is -6.38. The van der Waals surface area contributed by atoms with Crippen LogP contribution in [-0.2, 0) is 16.2 Å². The average Bonchev–Trinajstić information content (AvgIpc) is 3.73. The molecule has 0 aliphatic heterocycles. The van der Waals surface area contributed by atoms with E-state index in [0.717, 1.165) is 11.4 Å². The first-order valence-corrected chi connectivity index (χ1v) is 21.6. The second kappa shape index (κ2) is 12.6. The number of para-hydroxylation sites is 1. The number of hydrogen-bond acceptors (Lipinski definition) is 0. The molecule has 294 valence electrons. The highest BCUT2D eigenvalue weighted by molar-refractivity contribution is 6.26. The summed E-state index contributed by atoms with van der Waals surface area (Å²) in [5, 5.41) is 13.0. The van der Waals surface area contributed by atoms with E-state index in [1.54, 1.807) is 0 Å². The Balaban J connectivity index is 1.15. The van der Waals surface area contributed by atoms with Gasteiger partial charge in [0.2, 0.25) is 0 Å². The number of rotatable bonds is 3. The molecule has 0 amide bonds. The Morgan fingerprint density at radius 3 is 1.45 bits per heavy atom. The molecule has 11 rings (SSSR count). The maximum absolute atomic E-state index is 2.48. The smallest absolute Gasteiger partial charge is 0.0561 e. The molecule has 0 unspecified atom stereocenters. The van der Waals surface area contributed by atoms with Gasteiger partial charge in [-0.25, -0.2) is 0 Å². The van der Waals surface area contributed by atoms with E-state index in [4.69, 9.17) is 0 Å². The van der Waals surface area contributed by atoms with Gasteiger partial charge in [0, 0.05) is 32.9 Å². The SMILES string of the molecule is CC(C)(C)c1cc2ccc3ccc(-c4ccc5c6ccc(-n7c8ccc(C(C)(C)C)cc8c8cc(C(C)(C)C)ccc87)cc6n(-c6ccccc6)c5c4)c4ccc(c1)c2c34. The van der Waals surface area contributed by atoms with Crippen LogP contribution in [0.25, 0.3) is 98.4 Å². The van der Waals surface area contributed by atoms with Crippen LogP contribution in [-0.4, -0.2) is 9.13 Å². The quantitative estimate of drug-likeness (QED) is 0.158. The van der Waals surface area contributed by atoms with E-state index in [0.29, 0.717) is 0 Å². The van der Waals surface area contributed by atoms with Crippen LogP contribution in [0.4, 0.5) is 0 Å². The molecule has 11 aromatic rings. The van der Waals surface area contributed by atoms with Crippen LogP contribution in [0, 0.1) is 0 Å². The van der Waals surface area contributed by atoms with Gasteiger partial charge in [-0.05, 0) is 131 Å². The standard InChI is InChI=1S/C58H52N2/c1-56(2,3)39-20-27-50-48(32-39)49-33-40(57(4,5)6)21-28-51(49)60(50)43-22-26-46-45-24-18-36(31-52(45)59(53(46)34-43)42-13-11-10-12-14-42)44-23-17-35-15-16-37-29-41(58(7,8)9)30-38-19-25-47(44)55(35)54(37)38/h10-34H,1-9H3. The Labute approximate surface area is 353 Å². The third-order valence-corrected chi connectivity index (χ3v) is 13.3. The minimum Gasteiger partial charge on any atom is -0.309 e. The molecule has 0 bridgehead atoms. The zero-order valence-electron chi connectivity index (χ0n) is 36.3. The molecule has 0 atom stereocenters. The summed E-state index contributed by atoms with van der Waals surface area (Å²) >= 11 is 0. The summed E-state index contributed by atoms with van der Waals surface area (Å²) in [6.07, 6.45) is 0. The predicted molar refractivity (Wildman–Crippen MR) is 260 cm³/mol. The lowest BCUT2D eigenvalue weighted by molar-refractivity contribution is 0.590. The summed E-state index contributed by atoms with van der Waals surface area (Å²) in [5.74, 6) is 0. The van der Waals surface area contributed by atoms with Gasteiger partial charge in [0.25, 0.3) is 0 Å². The Bertz CT molecular complexity index is 3430. The number of fused-ring (bicyclic) bond motifs is 6. The molecule has 0 spiro atoms. The van der Waals surface area contributed by atoms with Crippen molar-refractivity contribution in [3.8, 4) is 22.5 Å². The first-order valence-electron chi connectivity index (χ1n) is 21.6. The number of aromatic nitrogens is 2. The van der Waals surface area contributed by atoms with Crippen LogP contribution in [0.1, 0.15) is 79.0 Å². The van der Waals surface area contributed by atoms with Crippen molar-refractivity contribution in [3.63, 3.8) is 0 Å². The van der Waals surface area contributed by atoms with Crippen LogP contribution in [0.15, 0.2) is 152 Å². The molecule has 2 nitrogen and oxygen atoms in total. The largest absolute Gasteiger partial charge is 0.309 e. The second-order valence-corrected chi connectivity index (χ2v) is 20.3. The van der Waals surface area contributed by atoms with Crippen molar-refractivity contribution in [2.75, 3.05) is 0 Å². The van der Waals surface area contributed by atoms with Crippen molar-refractivity contribution in [3.05, 3.63) is 168 Å². The molecule has 0 aliphatic rings. The highest BCUT2D eigenvalue weighted by Crippen LogP contribution is 2.44. The topological polar surface area (TPSA) is 9.86 Å². The molecular formula is C58H52N2. The molecule has 0 saturated carbocycles. The van der Waals surface area contributed by atoms with Crippen molar-refractivity contribution < 1.29 is 0 Å². The van der Waals surface area contributed by atoms with Gasteiger partial charge in [0.1, 0.15) is 0 Å². The summed E-state index contributed by atoms with van der Waals surface area (Å²) in [6.45, 7) is 20.8. The maximum atomic E-state index is 2.48. The van der Waals surface area contributed by atoms with E-state index >= 15 is 0 Å². The molecule has 60 heavy (non-hydrogen) atoms. The fourth-order valence-corrected chi connectivity index (χ4v) is 9.91. The van der Waals surface area contributed by atoms with E-state index in [1.807, 2.05) is 0 Å². The molecule has 2 aromatic heterocycles. The average molecular weight is 777 g/mol. The molecule has 0 radical (unpaired) electrons. The van der Waals surface area contributed by atoms with Gasteiger partial charge in [-0.15, -0.1) is 0 Å². The molecule has 0 aliphatic carbocycles. The molecule has 0 fully saturated rings. The molecule has 0 saturated heterocycles. The first-order chi connectivity index (χ1) is 28.6. The van der Waals surface area contributed by atoms with Crippen LogP contribution in [0.3, 0.4) is 0 Å². The lowest BCUT2D eigenvalue weighted by Gasteiger charge is -2.22. The normalized spacial score (nSPS) is 13.1. The Kier molecular flexibility index (Phi) is 7.68. The van der Waals surface area contributed by atoms with Crippen molar-refractivity contribution in [1.82, 2.24) is 9.13 Å². The summed E-state index contributed by atoms with van der Waals surface area (Å²) in [7, 11) is 0. The van der Waals surface area contributed by atoms with Gasteiger partial charge in [0.15, 0.2) is 0 Å². The zero-order chi connectivity index (χ0) is 41.5. The molecular weight excluding hydrogens is 725 g/mol. The summed E-state index contributed by atoms with van der Waals surface area (Å²) in [6, 6.07) is 58.0. The van der Waals surface area contributed by atoms with Gasteiger partial charge < -0.3 is 9.13 Å². The van der Waals surface area contributed by atoms with E-state index in [9.17, 15) is 0 Å². The van der Waals surface area contributed by atoms with Gasteiger partial charge in [-0.2, -0.15) is 0 Å². The highest BCUT2D eigenvalue weighted by Gasteiger charge is 2.23. The third-order valence-electron chi connectivity index (χ3n) is 13.3. The van der Waals surface area contributed by atoms with E-state index in [-0.39, 0.29) is 16.2 Å². The monoisotopic (exact) mass is 776 g/mol. The van der Waals surface area contributed by atoms with Crippen LogP contribution >= 0.6 is 0 Å². The van der Waals surface area contributed by atoms with Gasteiger partial charge in [-0.3, -0.25) is 0 Å². The summed E-state index contributed by atoms with van der Waals surface area (Å²) in [4.78, 5) is 0. The number of hydrogen-bond donors (Lipinski definition) is 0. The van der Waals surface area contributed by atoms with Crippen LogP contribution in [0.2, 0.25) is 0 Å². The predicted octanol–water partition coefficient (Wildman–Crippen LogP) is 16.3. The van der Waals surface area contributed by atoms with Gasteiger partial charge in [-0.1, -0.05) is 159 Å². The van der Waals surface area contributed by atoms with Crippen LogP contribution in [0.5, 0.6) is 0 Å². The Morgan fingerprint density at radius 2 is 0.833 bits per heavy atom. The van der Waals surface area contributed by atoms with Crippen molar-refractivity contribution >= 4 is 75.9 Å². The molecule has 0 N–H and O–H groups in total. The highest BCUT2D eigenvalue weighted by atomic mass is 15.0. The fraction of sp³-hybridized carbons (Fsp3) is 0.207. The lowest BCUT2D eigenvalue weighted by Crippen LogP contribution is -2.10. The van der Waals surface area contributed by atoms with E-state index in [1.165, 1.54) is 104 Å². The van der Waals surface area contributed by atoms with Gasteiger partial charge >= 0.3 is 0 Å². The second-order valence-electron chi connectivity index (χ2n) is 20.3. The number of nitrogens with zero attached hydrogens (tertiary/aromatic N) is 2. The zero-order valence-corrected chi connectivity index (χ0v) is 36.3. The van der Waals surface area contributed by atoms with E-state index in [2.05, 4.69) is 223 Å². The summed E-state index contributed by atoms with van der Waals surface area (Å²) < 4.78 is 4.96. The van der Waals surface area contributed by atoms with Gasteiger partial charge in [0.05, 0.1) is 22.1 Å². The maximum Gasteiger partial charge on any atom is 0.0561 e. The Morgan fingerprint density at radius 1 is 0.317 bits per heavy atom. The summed E-state index contributed by atoms with van der Waals surface area (Å²) in [5.41, 5.74) is 13.9. The first kappa shape index (κ1) is 36.7. The molecule has 9 aromatic carbocycles. The molecule has 2 heteroatoms. The van der Waals surface area contributed by atoms with Crippen molar-refractivity contribution in [2.24, 2.45) is 0 Å². The lowest BCUT2D eigenvalue weighted by atomic mass is 9.83. The van der Waals surface area contributed by atoms with Crippen molar-refractivity contribution in [1.29, 1.82) is 0 Å².